The lowest BCUT2D eigenvalue weighted by Gasteiger charge is -2.08. The smallest absolute Gasteiger partial charge is 0.146 e. The number of ketones is 1. The first-order chi connectivity index (χ1) is 7.04. The summed E-state index contributed by atoms with van der Waals surface area (Å²) in [7, 11) is 0. The van der Waals surface area contributed by atoms with Crippen LogP contribution in [0.3, 0.4) is 0 Å². The summed E-state index contributed by atoms with van der Waals surface area (Å²) in [5.74, 6) is -0.0645. The van der Waals surface area contributed by atoms with Gasteiger partial charge in [-0.15, -0.1) is 0 Å². The lowest BCUT2D eigenvalue weighted by atomic mass is 10.0. The first-order valence-electron chi connectivity index (χ1n) is 4.59. The highest BCUT2D eigenvalue weighted by atomic mass is 16.1. The predicted octanol–water partition coefficient (Wildman–Crippen LogP) is 0.599. The molecule has 1 atom stereocenters. The van der Waals surface area contributed by atoms with Crippen molar-refractivity contribution in [1.82, 2.24) is 0 Å². The number of nitriles is 1. The number of hydrogen-bond donors (Lipinski definition) is 2. The van der Waals surface area contributed by atoms with E-state index in [0.717, 1.165) is 5.56 Å². The van der Waals surface area contributed by atoms with Crippen LogP contribution in [0.4, 0.5) is 5.69 Å². The molecule has 0 amide bonds. The van der Waals surface area contributed by atoms with Crippen LogP contribution >= 0.6 is 0 Å². The van der Waals surface area contributed by atoms with Gasteiger partial charge in [-0.25, -0.2) is 0 Å². The number of Topliss-reactive ketones (excluding diaryl/α,β-unsaturated/α-hetero) is 1. The summed E-state index contributed by atoms with van der Waals surface area (Å²) in [6, 6.07) is 6.57. The second-order valence-electron chi connectivity index (χ2n) is 3.45. The topological polar surface area (TPSA) is 92.9 Å². The Morgan fingerprint density at radius 3 is 2.80 bits per heavy atom. The molecule has 0 radical (unpaired) electrons. The Labute approximate surface area is 88.5 Å². The van der Waals surface area contributed by atoms with Gasteiger partial charge in [0.2, 0.25) is 0 Å². The molecule has 4 N–H and O–H groups in total. The minimum atomic E-state index is -0.514. The highest BCUT2D eigenvalue weighted by molar-refractivity contribution is 5.81. The molecule has 0 spiro atoms. The van der Waals surface area contributed by atoms with E-state index in [9.17, 15) is 4.79 Å². The predicted molar refractivity (Wildman–Crippen MR) is 57.9 cm³/mol. The number of carbonyl (C=O) groups excluding carboxylic acids is 1. The standard InChI is InChI=1S/C11H13N3O/c1-7(15)11(14)5-8-2-3-10(13)9(4-8)6-12/h2-4,11H,5,13-14H2,1H3. The maximum Gasteiger partial charge on any atom is 0.146 e. The highest BCUT2D eigenvalue weighted by Crippen LogP contribution is 2.14. The molecule has 1 rings (SSSR count). The molecule has 1 aromatic rings. The first-order valence-corrected chi connectivity index (χ1v) is 4.59. The van der Waals surface area contributed by atoms with Crippen molar-refractivity contribution >= 4 is 11.5 Å². The summed E-state index contributed by atoms with van der Waals surface area (Å²) < 4.78 is 0. The Kier molecular flexibility index (Phi) is 3.42. The van der Waals surface area contributed by atoms with Gasteiger partial charge in [0, 0.05) is 5.69 Å². The molecule has 0 aliphatic carbocycles. The minimum absolute atomic E-state index is 0.0645. The molecule has 0 heterocycles. The van der Waals surface area contributed by atoms with Crippen molar-refractivity contribution in [1.29, 1.82) is 5.26 Å². The third-order valence-electron chi connectivity index (χ3n) is 2.22. The van der Waals surface area contributed by atoms with E-state index < -0.39 is 6.04 Å². The molecule has 0 aliphatic heterocycles. The number of anilines is 1. The molecule has 1 aromatic carbocycles. The van der Waals surface area contributed by atoms with E-state index in [1.807, 2.05) is 6.07 Å². The summed E-state index contributed by atoms with van der Waals surface area (Å²) in [4.78, 5) is 11.0. The van der Waals surface area contributed by atoms with Gasteiger partial charge < -0.3 is 11.5 Å². The zero-order chi connectivity index (χ0) is 11.4. The van der Waals surface area contributed by atoms with E-state index in [0.29, 0.717) is 17.7 Å². The SMILES string of the molecule is CC(=O)C(N)Cc1ccc(N)c(C#N)c1. The summed E-state index contributed by atoms with van der Waals surface area (Å²) in [6.07, 6.45) is 0.435. The second-order valence-corrected chi connectivity index (χ2v) is 3.45. The second kappa shape index (κ2) is 4.58. The quantitative estimate of drug-likeness (QED) is 0.703. The molecule has 78 valence electrons. The Morgan fingerprint density at radius 1 is 1.60 bits per heavy atom. The van der Waals surface area contributed by atoms with Crippen molar-refractivity contribution in [3.63, 3.8) is 0 Å². The molecule has 4 heteroatoms. The molecule has 0 aromatic heterocycles. The third kappa shape index (κ3) is 2.79. The van der Waals surface area contributed by atoms with Crippen LogP contribution < -0.4 is 11.5 Å². The largest absolute Gasteiger partial charge is 0.398 e. The summed E-state index contributed by atoms with van der Waals surface area (Å²) in [5, 5.41) is 8.76. The van der Waals surface area contributed by atoms with Gasteiger partial charge >= 0.3 is 0 Å². The van der Waals surface area contributed by atoms with E-state index in [1.54, 1.807) is 18.2 Å². The molecule has 0 saturated carbocycles. The van der Waals surface area contributed by atoms with Crippen molar-refractivity contribution < 1.29 is 4.79 Å². The highest BCUT2D eigenvalue weighted by Gasteiger charge is 2.09. The van der Waals surface area contributed by atoms with E-state index in [1.165, 1.54) is 6.92 Å². The van der Waals surface area contributed by atoms with Gasteiger partial charge in [0.25, 0.3) is 0 Å². The van der Waals surface area contributed by atoms with Crippen molar-refractivity contribution in [2.75, 3.05) is 5.73 Å². The van der Waals surface area contributed by atoms with E-state index >= 15 is 0 Å². The normalized spacial score (nSPS) is 11.8. The van der Waals surface area contributed by atoms with Crippen LogP contribution in [-0.4, -0.2) is 11.8 Å². The average molecular weight is 203 g/mol. The number of hydrogen-bond acceptors (Lipinski definition) is 4. The van der Waals surface area contributed by atoms with E-state index in [2.05, 4.69) is 0 Å². The molecular weight excluding hydrogens is 190 g/mol. The zero-order valence-electron chi connectivity index (χ0n) is 8.53. The van der Waals surface area contributed by atoms with Gasteiger partial charge in [-0.3, -0.25) is 4.79 Å². The number of rotatable bonds is 3. The molecule has 1 unspecified atom stereocenters. The van der Waals surface area contributed by atoms with Crippen molar-refractivity contribution in [3.8, 4) is 6.07 Å². The monoisotopic (exact) mass is 203 g/mol. The van der Waals surface area contributed by atoms with Crippen molar-refractivity contribution in [2.45, 2.75) is 19.4 Å². The Morgan fingerprint density at radius 2 is 2.27 bits per heavy atom. The van der Waals surface area contributed by atoms with Gasteiger partial charge in [0.1, 0.15) is 11.9 Å². The fourth-order valence-electron chi connectivity index (χ4n) is 1.22. The van der Waals surface area contributed by atoms with E-state index in [-0.39, 0.29) is 5.78 Å². The maximum atomic E-state index is 11.0. The van der Waals surface area contributed by atoms with Crippen LogP contribution in [0.15, 0.2) is 18.2 Å². The van der Waals surface area contributed by atoms with Gasteiger partial charge in [-0.2, -0.15) is 5.26 Å². The van der Waals surface area contributed by atoms with Crippen LogP contribution in [0.1, 0.15) is 18.1 Å². The number of nitrogen functional groups attached to an aromatic ring is 1. The molecule has 4 nitrogen and oxygen atoms in total. The molecule has 0 fully saturated rings. The molecule has 0 aliphatic rings. The maximum absolute atomic E-state index is 11.0. The fraction of sp³-hybridized carbons (Fsp3) is 0.273. The fourth-order valence-corrected chi connectivity index (χ4v) is 1.22. The van der Waals surface area contributed by atoms with Crippen LogP contribution in [0.5, 0.6) is 0 Å². The summed E-state index contributed by atoms with van der Waals surface area (Å²) in [5.41, 5.74) is 12.9. The number of nitrogens with zero attached hydrogens (tertiary/aromatic N) is 1. The average Bonchev–Trinajstić information content (AvgIpc) is 2.20. The summed E-state index contributed by atoms with van der Waals surface area (Å²) in [6.45, 7) is 1.45. The molecule has 15 heavy (non-hydrogen) atoms. The van der Waals surface area contributed by atoms with Gasteiger partial charge in [-0.1, -0.05) is 6.07 Å². The number of nitrogens with two attached hydrogens (primary N) is 2. The lowest BCUT2D eigenvalue weighted by Crippen LogP contribution is -2.30. The zero-order valence-corrected chi connectivity index (χ0v) is 8.53. The summed E-state index contributed by atoms with van der Waals surface area (Å²) >= 11 is 0. The molecule has 0 bridgehead atoms. The Balaban J connectivity index is 2.89. The van der Waals surface area contributed by atoms with Crippen molar-refractivity contribution in [3.05, 3.63) is 29.3 Å². The van der Waals surface area contributed by atoms with Crippen molar-refractivity contribution in [2.24, 2.45) is 5.73 Å². The minimum Gasteiger partial charge on any atom is -0.398 e. The Bertz CT molecular complexity index is 420. The van der Waals surface area contributed by atoms with Gasteiger partial charge in [0.05, 0.1) is 11.6 Å². The third-order valence-corrected chi connectivity index (χ3v) is 2.22. The van der Waals surface area contributed by atoms with E-state index in [4.69, 9.17) is 16.7 Å². The first kappa shape index (κ1) is 11.2. The Hall–Kier alpha value is -1.86. The van der Waals surface area contributed by atoms with Crippen LogP contribution in [-0.2, 0) is 11.2 Å². The van der Waals surface area contributed by atoms with Crippen LogP contribution in [0, 0.1) is 11.3 Å². The molecular formula is C11H13N3O. The van der Waals surface area contributed by atoms with Gasteiger partial charge in [-0.05, 0) is 31.0 Å². The van der Waals surface area contributed by atoms with Crippen LogP contribution in [0.25, 0.3) is 0 Å². The number of carbonyl (C=O) groups is 1. The lowest BCUT2D eigenvalue weighted by molar-refractivity contribution is -0.118. The van der Waals surface area contributed by atoms with Crippen LogP contribution in [0.2, 0.25) is 0 Å². The van der Waals surface area contributed by atoms with Gasteiger partial charge in [0.15, 0.2) is 0 Å². The number of benzene rings is 1. The molecule has 0 saturated heterocycles.